The van der Waals surface area contributed by atoms with Gasteiger partial charge in [0.15, 0.2) is 6.29 Å². The topological polar surface area (TPSA) is 247 Å². The number of amides is 3. The van der Waals surface area contributed by atoms with Gasteiger partial charge in [0.2, 0.25) is 11.8 Å². The van der Waals surface area contributed by atoms with E-state index in [0.29, 0.717) is 6.42 Å². The number of nitrogens with zero attached hydrogens (tertiary/aromatic N) is 1. The number of aldehydes is 1. The lowest BCUT2D eigenvalue weighted by molar-refractivity contribution is -0.162. The second kappa shape index (κ2) is 17.9. The molecule has 0 aromatic rings. The van der Waals surface area contributed by atoms with Crippen molar-refractivity contribution < 1.29 is 53.3 Å². The number of rotatable bonds is 15. The summed E-state index contributed by atoms with van der Waals surface area (Å²) >= 11 is 0. The van der Waals surface area contributed by atoms with E-state index < -0.39 is 91.7 Å². The van der Waals surface area contributed by atoms with Crippen LogP contribution in [0.3, 0.4) is 0 Å². The minimum Gasteiger partial charge on any atom is -0.481 e. The normalized spacial score (nSPS) is 14.6. The zero-order valence-corrected chi connectivity index (χ0v) is 21.3. The second-order valence-corrected chi connectivity index (χ2v) is 8.49. The zero-order chi connectivity index (χ0) is 29.5. The summed E-state index contributed by atoms with van der Waals surface area (Å²) in [5, 5.41) is 30.0. The SMILES string of the molecule is CCC(C)C(N)C(=O)N(C(=O)C(CCC(=O)O)NC(=O)C(N)C(C)C)C(CC(=O)O)C(=O)O.O=CCF. The molecule has 0 spiro atoms. The molecular weight excluding hydrogens is 499 g/mol. The van der Waals surface area contributed by atoms with Crippen LogP contribution in [0.25, 0.3) is 0 Å². The van der Waals surface area contributed by atoms with Crippen molar-refractivity contribution in [1.29, 1.82) is 0 Å². The fourth-order valence-electron chi connectivity index (χ4n) is 2.79. The molecule has 14 nitrogen and oxygen atoms in total. The van der Waals surface area contributed by atoms with Crippen molar-refractivity contribution in [3.8, 4) is 0 Å². The van der Waals surface area contributed by atoms with Crippen LogP contribution in [0.5, 0.6) is 0 Å². The minimum atomic E-state index is -2.12. The van der Waals surface area contributed by atoms with Crippen molar-refractivity contribution in [2.75, 3.05) is 6.67 Å². The number of imide groups is 1. The number of aliphatic carboxylic acids is 3. The Bertz CT molecular complexity index is 823. The van der Waals surface area contributed by atoms with E-state index in [4.69, 9.17) is 26.5 Å². The number of carboxylic acids is 3. The second-order valence-electron chi connectivity index (χ2n) is 8.49. The maximum Gasteiger partial charge on any atom is 0.327 e. The van der Waals surface area contributed by atoms with Gasteiger partial charge in [0.05, 0.1) is 18.5 Å². The summed E-state index contributed by atoms with van der Waals surface area (Å²) in [4.78, 5) is 81.9. The van der Waals surface area contributed by atoms with Crippen molar-refractivity contribution in [1.82, 2.24) is 10.2 Å². The summed E-state index contributed by atoms with van der Waals surface area (Å²) in [7, 11) is 0. The van der Waals surface area contributed by atoms with Gasteiger partial charge in [-0.15, -0.1) is 0 Å². The van der Waals surface area contributed by atoms with Crippen LogP contribution < -0.4 is 16.8 Å². The van der Waals surface area contributed by atoms with E-state index in [0.717, 1.165) is 0 Å². The predicted octanol–water partition coefficient (Wildman–Crippen LogP) is -0.869. The summed E-state index contributed by atoms with van der Waals surface area (Å²) in [5.74, 6) is -8.79. The quantitative estimate of drug-likeness (QED) is 0.140. The van der Waals surface area contributed by atoms with Gasteiger partial charge >= 0.3 is 17.9 Å². The molecule has 0 aliphatic carbocycles. The van der Waals surface area contributed by atoms with Gasteiger partial charge in [0.1, 0.15) is 18.8 Å². The number of hydrogen-bond acceptors (Lipinski definition) is 9. The van der Waals surface area contributed by atoms with Gasteiger partial charge in [-0.05, 0) is 18.3 Å². The molecule has 0 radical (unpaired) electrons. The highest BCUT2D eigenvalue weighted by Gasteiger charge is 2.42. The van der Waals surface area contributed by atoms with Gasteiger partial charge in [0, 0.05) is 6.42 Å². The van der Waals surface area contributed by atoms with Gasteiger partial charge < -0.3 is 36.9 Å². The fraction of sp³-hybridized carbons (Fsp3) is 0.682. The number of carboxylic acid groups (broad SMARTS) is 3. The molecule has 0 aliphatic rings. The molecule has 5 atom stereocenters. The monoisotopic (exact) mass is 536 g/mol. The average molecular weight is 537 g/mol. The first-order valence-corrected chi connectivity index (χ1v) is 11.4. The van der Waals surface area contributed by atoms with Gasteiger partial charge in [-0.3, -0.25) is 28.9 Å². The molecule has 8 N–H and O–H groups in total. The molecule has 0 saturated carbocycles. The van der Waals surface area contributed by atoms with Crippen LogP contribution in [0.2, 0.25) is 0 Å². The Balaban J connectivity index is 0. The zero-order valence-electron chi connectivity index (χ0n) is 21.3. The van der Waals surface area contributed by atoms with Crippen molar-refractivity contribution in [3.05, 3.63) is 0 Å². The highest BCUT2D eigenvalue weighted by molar-refractivity contribution is 6.05. The standard InChI is InChI=1S/C20H34N4O9.C2H3FO/c1-5-10(4)16(22)19(31)24(12(20(32)33)8-14(27)28)18(30)11(6-7-13(25)26)23-17(29)15(21)9(2)3;3-1-2-4/h9-12,15-16H,5-8,21-22H2,1-4H3,(H,23,29)(H,25,26)(H,27,28)(H,32,33);2H,1H2. The van der Waals surface area contributed by atoms with Crippen molar-refractivity contribution in [2.24, 2.45) is 23.3 Å². The van der Waals surface area contributed by atoms with Crippen LogP contribution >= 0.6 is 0 Å². The third-order valence-electron chi connectivity index (χ3n) is 5.33. The molecule has 0 aromatic carbocycles. The predicted molar refractivity (Wildman–Crippen MR) is 127 cm³/mol. The van der Waals surface area contributed by atoms with E-state index in [-0.39, 0.29) is 17.1 Å². The van der Waals surface area contributed by atoms with Crippen molar-refractivity contribution >= 4 is 41.9 Å². The van der Waals surface area contributed by atoms with Crippen LogP contribution in [0.1, 0.15) is 53.4 Å². The molecule has 0 bridgehead atoms. The van der Waals surface area contributed by atoms with E-state index in [9.17, 15) is 38.3 Å². The van der Waals surface area contributed by atoms with Crippen LogP contribution in [0, 0.1) is 11.8 Å². The average Bonchev–Trinajstić information content (AvgIpc) is 2.83. The Morgan fingerprint density at radius 1 is 0.946 bits per heavy atom. The van der Waals surface area contributed by atoms with Crippen LogP contribution in [-0.2, 0) is 33.6 Å². The Hall–Kier alpha value is -3.46. The summed E-state index contributed by atoms with van der Waals surface area (Å²) in [5.41, 5.74) is 11.7. The number of hydrogen-bond donors (Lipinski definition) is 6. The summed E-state index contributed by atoms with van der Waals surface area (Å²) < 4.78 is 10.4. The maximum atomic E-state index is 13.3. The first-order valence-electron chi connectivity index (χ1n) is 11.4. The summed E-state index contributed by atoms with van der Waals surface area (Å²) in [6.45, 7) is 5.70. The molecule has 0 heterocycles. The van der Waals surface area contributed by atoms with Crippen molar-refractivity contribution in [3.63, 3.8) is 0 Å². The highest BCUT2D eigenvalue weighted by Crippen LogP contribution is 2.17. The summed E-state index contributed by atoms with van der Waals surface area (Å²) in [6.07, 6.45) is -1.62. The fourth-order valence-corrected chi connectivity index (χ4v) is 2.79. The minimum absolute atomic E-state index is 0.208. The first-order chi connectivity index (χ1) is 17.1. The molecule has 0 aromatic heterocycles. The maximum absolute atomic E-state index is 13.3. The lowest BCUT2D eigenvalue weighted by Gasteiger charge is -2.33. The van der Waals surface area contributed by atoms with E-state index >= 15 is 0 Å². The number of carbonyl (C=O) groups excluding carboxylic acids is 4. The van der Waals surface area contributed by atoms with E-state index in [1.807, 2.05) is 0 Å². The third-order valence-corrected chi connectivity index (χ3v) is 5.33. The Morgan fingerprint density at radius 2 is 1.46 bits per heavy atom. The number of alkyl halides is 1. The smallest absolute Gasteiger partial charge is 0.327 e. The lowest BCUT2D eigenvalue weighted by Crippen LogP contribution is -2.61. The molecule has 0 rings (SSSR count). The lowest BCUT2D eigenvalue weighted by atomic mass is 9.96. The highest BCUT2D eigenvalue weighted by atomic mass is 19.1. The van der Waals surface area contributed by atoms with Gasteiger partial charge in [-0.1, -0.05) is 34.1 Å². The Morgan fingerprint density at radius 3 is 1.81 bits per heavy atom. The first kappa shape index (κ1) is 35.7. The van der Waals surface area contributed by atoms with Crippen LogP contribution in [-0.4, -0.2) is 93.0 Å². The number of nitrogens with two attached hydrogens (primary N) is 2. The van der Waals surface area contributed by atoms with Crippen LogP contribution in [0.15, 0.2) is 0 Å². The number of halogens is 1. The number of carbonyl (C=O) groups is 7. The molecular formula is C22H37FN4O10. The summed E-state index contributed by atoms with van der Waals surface area (Å²) in [6, 6.07) is -6.20. The largest absolute Gasteiger partial charge is 0.481 e. The van der Waals surface area contributed by atoms with Gasteiger partial charge in [-0.2, -0.15) is 0 Å². The van der Waals surface area contributed by atoms with E-state index in [1.54, 1.807) is 27.7 Å². The van der Waals surface area contributed by atoms with Gasteiger partial charge in [-0.25, -0.2) is 9.18 Å². The number of nitrogens with one attached hydrogen (secondary N) is 1. The molecule has 212 valence electrons. The third kappa shape index (κ3) is 12.9. The molecule has 15 heteroatoms. The molecule has 3 amide bonds. The molecule has 0 fully saturated rings. The Kier molecular flexibility index (Phi) is 17.3. The molecule has 0 saturated heterocycles. The van der Waals surface area contributed by atoms with E-state index in [1.165, 1.54) is 0 Å². The van der Waals surface area contributed by atoms with E-state index in [2.05, 4.69) is 5.32 Å². The van der Waals surface area contributed by atoms with Gasteiger partial charge in [0.25, 0.3) is 5.91 Å². The molecule has 0 aliphatic heterocycles. The molecule has 5 unspecified atom stereocenters. The van der Waals surface area contributed by atoms with Crippen molar-refractivity contribution in [2.45, 2.75) is 77.5 Å². The van der Waals surface area contributed by atoms with Crippen LogP contribution in [0.4, 0.5) is 4.39 Å². The Labute approximate surface area is 213 Å². The molecule has 37 heavy (non-hydrogen) atoms.